The summed E-state index contributed by atoms with van der Waals surface area (Å²) in [4.78, 5) is 2.33. The fourth-order valence-corrected chi connectivity index (χ4v) is 2.02. The molecule has 0 saturated heterocycles. The summed E-state index contributed by atoms with van der Waals surface area (Å²) in [6.45, 7) is 7.25. The van der Waals surface area contributed by atoms with Gasteiger partial charge in [0.1, 0.15) is 5.82 Å². The van der Waals surface area contributed by atoms with Gasteiger partial charge in [-0.3, -0.25) is 0 Å². The second-order valence-electron chi connectivity index (χ2n) is 4.85. The molecule has 4 heteroatoms. The summed E-state index contributed by atoms with van der Waals surface area (Å²) in [6.07, 6.45) is 1.12. The van der Waals surface area contributed by atoms with E-state index in [2.05, 4.69) is 47.0 Å². The zero-order valence-electron chi connectivity index (χ0n) is 11.3. The van der Waals surface area contributed by atoms with Crippen LogP contribution in [-0.2, 0) is 6.54 Å². The van der Waals surface area contributed by atoms with Crippen LogP contribution in [0.15, 0.2) is 22.7 Å². The van der Waals surface area contributed by atoms with Crippen LogP contribution in [0.25, 0.3) is 0 Å². The van der Waals surface area contributed by atoms with Gasteiger partial charge in [0.25, 0.3) is 0 Å². The third kappa shape index (κ3) is 5.46. The van der Waals surface area contributed by atoms with Crippen LogP contribution in [0.5, 0.6) is 0 Å². The third-order valence-corrected chi connectivity index (χ3v) is 3.67. The Hall–Kier alpha value is -0.450. The van der Waals surface area contributed by atoms with E-state index in [0.717, 1.165) is 31.6 Å². The predicted molar refractivity (Wildman–Crippen MR) is 78.2 cm³/mol. The maximum absolute atomic E-state index is 13.0. The molecule has 1 N–H and O–H groups in total. The van der Waals surface area contributed by atoms with Crippen LogP contribution in [0.1, 0.15) is 25.8 Å². The second-order valence-corrected chi connectivity index (χ2v) is 5.71. The number of halogens is 2. The number of nitrogens with one attached hydrogen (secondary N) is 1. The first-order valence-corrected chi connectivity index (χ1v) is 7.15. The van der Waals surface area contributed by atoms with Crippen molar-refractivity contribution in [1.29, 1.82) is 0 Å². The summed E-state index contributed by atoms with van der Waals surface area (Å²) in [5, 5.41) is 3.37. The fraction of sp³-hybridized carbons (Fsp3) is 0.571. The highest BCUT2D eigenvalue weighted by atomic mass is 79.9. The maximum Gasteiger partial charge on any atom is 0.137 e. The number of rotatable bonds is 7. The Bertz CT molecular complexity index is 369. The number of nitrogens with zero attached hydrogens (tertiary/aromatic N) is 1. The van der Waals surface area contributed by atoms with Crippen molar-refractivity contribution in [3.05, 3.63) is 34.1 Å². The molecule has 0 radical (unpaired) electrons. The lowest BCUT2D eigenvalue weighted by Crippen LogP contribution is -2.29. The summed E-state index contributed by atoms with van der Waals surface area (Å²) in [5.41, 5.74) is 1.10. The molecule has 0 fully saturated rings. The molecule has 1 rings (SSSR count). The van der Waals surface area contributed by atoms with Crippen molar-refractivity contribution in [3.63, 3.8) is 0 Å². The fourth-order valence-electron chi connectivity index (χ4n) is 1.59. The SMILES string of the molecule is CC(C)N(C)CCCNCc1ccc(F)c(Br)c1. The first-order chi connectivity index (χ1) is 8.50. The molecule has 0 aliphatic rings. The first-order valence-electron chi connectivity index (χ1n) is 6.35. The smallest absolute Gasteiger partial charge is 0.137 e. The average Bonchev–Trinajstić information content (AvgIpc) is 2.32. The molecule has 1 aromatic carbocycles. The van der Waals surface area contributed by atoms with Gasteiger partial charge in [-0.2, -0.15) is 0 Å². The molecule has 2 nitrogen and oxygen atoms in total. The molecule has 0 saturated carbocycles. The Morgan fingerprint density at radius 3 is 2.72 bits per heavy atom. The Morgan fingerprint density at radius 2 is 2.11 bits per heavy atom. The molecular weight excluding hydrogens is 295 g/mol. The molecule has 0 spiro atoms. The molecule has 0 heterocycles. The molecule has 102 valence electrons. The van der Waals surface area contributed by atoms with Crippen molar-refractivity contribution in [2.75, 3.05) is 20.1 Å². The highest BCUT2D eigenvalue weighted by Gasteiger charge is 2.02. The van der Waals surface area contributed by atoms with E-state index >= 15 is 0 Å². The van der Waals surface area contributed by atoms with Gasteiger partial charge >= 0.3 is 0 Å². The van der Waals surface area contributed by atoms with Crippen LogP contribution >= 0.6 is 15.9 Å². The Labute approximate surface area is 118 Å². The van der Waals surface area contributed by atoms with Crippen molar-refractivity contribution < 1.29 is 4.39 Å². The van der Waals surface area contributed by atoms with Crippen molar-refractivity contribution in [3.8, 4) is 0 Å². The minimum Gasteiger partial charge on any atom is -0.313 e. The van der Waals surface area contributed by atoms with E-state index in [1.54, 1.807) is 0 Å². The number of hydrogen-bond donors (Lipinski definition) is 1. The lowest BCUT2D eigenvalue weighted by molar-refractivity contribution is 0.269. The van der Waals surface area contributed by atoms with Crippen molar-refractivity contribution in [2.45, 2.75) is 32.9 Å². The van der Waals surface area contributed by atoms with Crippen molar-refractivity contribution in [2.24, 2.45) is 0 Å². The highest BCUT2D eigenvalue weighted by molar-refractivity contribution is 9.10. The van der Waals surface area contributed by atoms with Gasteiger partial charge in [0.2, 0.25) is 0 Å². The summed E-state index contributed by atoms with van der Waals surface area (Å²) in [5.74, 6) is -0.211. The molecule has 0 atom stereocenters. The zero-order valence-corrected chi connectivity index (χ0v) is 12.9. The Morgan fingerprint density at radius 1 is 1.39 bits per heavy atom. The van der Waals surface area contributed by atoms with Crippen LogP contribution in [0.2, 0.25) is 0 Å². The number of benzene rings is 1. The highest BCUT2D eigenvalue weighted by Crippen LogP contribution is 2.16. The topological polar surface area (TPSA) is 15.3 Å². The molecule has 0 bridgehead atoms. The van der Waals surface area contributed by atoms with Gasteiger partial charge in [-0.15, -0.1) is 0 Å². The minimum absolute atomic E-state index is 0.211. The Kier molecular flexibility index (Phi) is 6.82. The normalized spacial score (nSPS) is 11.5. The monoisotopic (exact) mass is 316 g/mol. The van der Waals surface area contributed by atoms with Gasteiger partial charge in [0, 0.05) is 12.6 Å². The quantitative estimate of drug-likeness (QED) is 0.775. The predicted octanol–water partition coefficient (Wildman–Crippen LogP) is 3.41. The van der Waals surface area contributed by atoms with E-state index < -0.39 is 0 Å². The van der Waals surface area contributed by atoms with Crippen LogP contribution in [-0.4, -0.2) is 31.1 Å². The zero-order chi connectivity index (χ0) is 13.5. The van der Waals surface area contributed by atoms with E-state index in [1.165, 1.54) is 6.07 Å². The van der Waals surface area contributed by atoms with E-state index in [-0.39, 0.29) is 5.82 Å². The van der Waals surface area contributed by atoms with E-state index in [0.29, 0.717) is 10.5 Å². The lowest BCUT2D eigenvalue weighted by Gasteiger charge is -2.20. The van der Waals surface area contributed by atoms with Gasteiger partial charge in [0.05, 0.1) is 4.47 Å². The van der Waals surface area contributed by atoms with Crippen LogP contribution in [0.3, 0.4) is 0 Å². The van der Waals surface area contributed by atoms with E-state index in [4.69, 9.17) is 0 Å². The van der Waals surface area contributed by atoms with Crippen molar-refractivity contribution in [1.82, 2.24) is 10.2 Å². The summed E-state index contributed by atoms with van der Waals surface area (Å²) in [7, 11) is 2.14. The van der Waals surface area contributed by atoms with E-state index in [1.807, 2.05) is 12.1 Å². The van der Waals surface area contributed by atoms with Crippen molar-refractivity contribution >= 4 is 15.9 Å². The lowest BCUT2D eigenvalue weighted by atomic mass is 10.2. The van der Waals surface area contributed by atoms with Gasteiger partial charge in [0.15, 0.2) is 0 Å². The molecule has 0 amide bonds. The summed E-state index contributed by atoms with van der Waals surface area (Å²) < 4.78 is 13.6. The second kappa shape index (κ2) is 7.87. The molecule has 0 aliphatic carbocycles. The number of hydrogen-bond acceptors (Lipinski definition) is 2. The van der Waals surface area contributed by atoms with Crippen LogP contribution in [0, 0.1) is 5.82 Å². The van der Waals surface area contributed by atoms with Crippen LogP contribution in [0.4, 0.5) is 4.39 Å². The standard InChI is InChI=1S/C14H22BrFN2/c1-11(2)18(3)8-4-7-17-10-12-5-6-14(16)13(15)9-12/h5-6,9,11,17H,4,7-8,10H2,1-3H3. The molecule has 18 heavy (non-hydrogen) atoms. The summed E-state index contributed by atoms with van der Waals surface area (Å²) >= 11 is 3.19. The third-order valence-electron chi connectivity index (χ3n) is 3.06. The van der Waals surface area contributed by atoms with E-state index in [9.17, 15) is 4.39 Å². The average molecular weight is 317 g/mol. The van der Waals surface area contributed by atoms with Gasteiger partial charge in [-0.25, -0.2) is 4.39 Å². The minimum atomic E-state index is -0.211. The maximum atomic E-state index is 13.0. The Balaban J connectivity index is 2.20. The molecule has 0 unspecified atom stereocenters. The van der Waals surface area contributed by atoms with Gasteiger partial charge < -0.3 is 10.2 Å². The molecular formula is C14H22BrFN2. The van der Waals surface area contributed by atoms with Gasteiger partial charge in [-0.05, 0) is 74.0 Å². The molecule has 1 aromatic rings. The van der Waals surface area contributed by atoms with Gasteiger partial charge in [-0.1, -0.05) is 6.07 Å². The molecule has 0 aliphatic heterocycles. The molecule has 0 aromatic heterocycles. The first kappa shape index (κ1) is 15.6. The van der Waals surface area contributed by atoms with Crippen LogP contribution < -0.4 is 5.32 Å². The summed E-state index contributed by atoms with van der Waals surface area (Å²) in [6, 6.07) is 5.72. The largest absolute Gasteiger partial charge is 0.313 e.